The molecule has 3 aromatic rings. The van der Waals surface area contributed by atoms with Gasteiger partial charge in [-0.3, -0.25) is 0 Å². The lowest BCUT2D eigenvalue weighted by molar-refractivity contribution is -0.209. The van der Waals surface area contributed by atoms with E-state index in [0.29, 0.717) is 12.0 Å². The highest BCUT2D eigenvalue weighted by atomic mass is 35.5. The number of aryl methyl sites for hydroxylation is 1. The molecule has 27 heavy (non-hydrogen) atoms. The van der Waals surface area contributed by atoms with E-state index in [1.54, 1.807) is 0 Å². The van der Waals surface area contributed by atoms with Crippen molar-refractivity contribution in [1.29, 1.82) is 0 Å². The molecule has 5 nitrogen and oxygen atoms in total. The van der Waals surface area contributed by atoms with E-state index < -0.39 is 11.7 Å². The second kappa shape index (κ2) is 6.82. The molecule has 4 rings (SSSR count). The van der Waals surface area contributed by atoms with E-state index >= 15 is 0 Å². The number of ether oxygens (including phenoxy) is 1. The molecule has 8 heteroatoms. The standard InChI is InChI=1S/C19H18ClF2N3O2/c1-11-15-6-7-25(18(15)24-10-23-11)17-5-4-14(27-17)8-12-2-3-13(20)9-16(12)19(21,22)26/h2-3,6-7,9-10,14,17,26H,4-5,8H2,1H3. The quantitative estimate of drug-likeness (QED) is 0.715. The van der Waals surface area contributed by atoms with Crippen molar-refractivity contribution in [2.75, 3.05) is 0 Å². The summed E-state index contributed by atoms with van der Waals surface area (Å²) in [6.07, 6.45) is 0.766. The van der Waals surface area contributed by atoms with Gasteiger partial charge in [-0.25, -0.2) is 9.97 Å². The van der Waals surface area contributed by atoms with Crippen molar-refractivity contribution in [3.05, 3.63) is 58.6 Å². The van der Waals surface area contributed by atoms with Crippen molar-refractivity contribution in [3.63, 3.8) is 0 Å². The Bertz CT molecular complexity index is 987. The fourth-order valence-electron chi connectivity index (χ4n) is 3.62. The molecule has 1 saturated heterocycles. The van der Waals surface area contributed by atoms with E-state index in [0.717, 1.165) is 29.2 Å². The van der Waals surface area contributed by atoms with Crippen LogP contribution in [0.3, 0.4) is 0 Å². The van der Waals surface area contributed by atoms with Crippen molar-refractivity contribution in [3.8, 4) is 0 Å². The first kappa shape index (κ1) is 18.3. The van der Waals surface area contributed by atoms with Crippen LogP contribution >= 0.6 is 11.6 Å². The molecule has 2 atom stereocenters. The van der Waals surface area contributed by atoms with E-state index in [4.69, 9.17) is 21.4 Å². The molecule has 1 fully saturated rings. The average molecular weight is 394 g/mol. The molecule has 2 aromatic heterocycles. The molecule has 0 aliphatic carbocycles. The van der Waals surface area contributed by atoms with Gasteiger partial charge in [-0.05, 0) is 49.9 Å². The van der Waals surface area contributed by atoms with Crippen LogP contribution < -0.4 is 0 Å². The number of hydrogen-bond acceptors (Lipinski definition) is 4. The van der Waals surface area contributed by atoms with Crippen LogP contribution in [0, 0.1) is 6.92 Å². The Kier molecular flexibility index (Phi) is 4.61. The Hall–Kier alpha value is -2.09. The molecular weight excluding hydrogens is 376 g/mol. The predicted octanol–water partition coefficient (Wildman–Crippen LogP) is 4.36. The zero-order valence-corrected chi connectivity index (χ0v) is 15.3. The first-order valence-corrected chi connectivity index (χ1v) is 9.03. The molecule has 0 bridgehead atoms. The van der Waals surface area contributed by atoms with Crippen LogP contribution in [-0.2, 0) is 17.3 Å². The number of rotatable bonds is 4. The van der Waals surface area contributed by atoms with Gasteiger partial charge in [-0.2, -0.15) is 8.78 Å². The molecule has 2 unspecified atom stereocenters. The highest BCUT2D eigenvalue weighted by Gasteiger charge is 2.34. The summed E-state index contributed by atoms with van der Waals surface area (Å²) in [5, 5.41) is 10.3. The van der Waals surface area contributed by atoms with Gasteiger partial charge in [0.2, 0.25) is 0 Å². The van der Waals surface area contributed by atoms with Gasteiger partial charge in [0, 0.05) is 16.6 Å². The van der Waals surface area contributed by atoms with Gasteiger partial charge in [-0.15, -0.1) is 0 Å². The number of aromatic nitrogens is 3. The van der Waals surface area contributed by atoms with Gasteiger partial charge in [0.25, 0.3) is 0 Å². The highest BCUT2D eigenvalue weighted by molar-refractivity contribution is 6.30. The van der Waals surface area contributed by atoms with Gasteiger partial charge >= 0.3 is 6.11 Å². The number of aliphatic hydroxyl groups is 1. The van der Waals surface area contributed by atoms with Gasteiger partial charge in [0.15, 0.2) is 0 Å². The molecule has 0 saturated carbocycles. The summed E-state index contributed by atoms with van der Waals surface area (Å²) >= 11 is 5.81. The summed E-state index contributed by atoms with van der Waals surface area (Å²) in [5.74, 6) is 0. The normalized spacial score (nSPS) is 20.5. The van der Waals surface area contributed by atoms with Crippen molar-refractivity contribution in [2.24, 2.45) is 0 Å². The summed E-state index contributed by atoms with van der Waals surface area (Å²) < 4.78 is 35.1. The first-order valence-electron chi connectivity index (χ1n) is 8.65. The summed E-state index contributed by atoms with van der Waals surface area (Å²) in [4.78, 5) is 8.52. The summed E-state index contributed by atoms with van der Waals surface area (Å²) in [5.41, 5.74) is 1.54. The number of alkyl halides is 2. The maximum absolute atomic E-state index is 13.5. The number of nitrogens with zero attached hydrogens (tertiary/aromatic N) is 3. The predicted molar refractivity (Wildman–Crippen MR) is 96.7 cm³/mol. The number of fused-ring (bicyclic) bond motifs is 1. The Morgan fingerprint density at radius 2 is 2.11 bits per heavy atom. The molecule has 1 aliphatic heterocycles. The molecule has 1 N–H and O–H groups in total. The Morgan fingerprint density at radius 3 is 2.89 bits per heavy atom. The van der Waals surface area contributed by atoms with Crippen LogP contribution in [-0.4, -0.2) is 25.7 Å². The Balaban J connectivity index is 1.55. The third-order valence-corrected chi connectivity index (χ3v) is 5.18. The Labute approximate surface area is 159 Å². The topological polar surface area (TPSA) is 60.2 Å². The zero-order valence-electron chi connectivity index (χ0n) is 14.6. The number of benzene rings is 1. The van der Waals surface area contributed by atoms with E-state index in [1.807, 2.05) is 23.8 Å². The van der Waals surface area contributed by atoms with Gasteiger partial charge < -0.3 is 14.4 Å². The fourth-order valence-corrected chi connectivity index (χ4v) is 3.80. The second-order valence-electron chi connectivity index (χ2n) is 6.76. The number of halogens is 3. The van der Waals surface area contributed by atoms with Gasteiger partial charge in [0.05, 0.1) is 17.4 Å². The molecule has 3 heterocycles. The van der Waals surface area contributed by atoms with Crippen LogP contribution in [0.25, 0.3) is 11.0 Å². The van der Waals surface area contributed by atoms with Crippen LogP contribution in [0.4, 0.5) is 8.78 Å². The van der Waals surface area contributed by atoms with Crippen molar-refractivity contribution >= 4 is 22.6 Å². The van der Waals surface area contributed by atoms with Crippen molar-refractivity contribution in [2.45, 2.75) is 44.6 Å². The molecule has 1 aromatic carbocycles. The number of hydrogen-bond donors (Lipinski definition) is 1. The van der Waals surface area contributed by atoms with Crippen LogP contribution in [0.2, 0.25) is 5.02 Å². The van der Waals surface area contributed by atoms with Gasteiger partial charge in [0.1, 0.15) is 18.2 Å². The van der Waals surface area contributed by atoms with Crippen LogP contribution in [0.1, 0.15) is 35.9 Å². The third-order valence-electron chi connectivity index (χ3n) is 4.95. The highest BCUT2D eigenvalue weighted by Crippen LogP contribution is 2.36. The minimum absolute atomic E-state index is 0.154. The van der Waals surface area contributed by atoms with Gasteiger partial charge in [-0.1, -0.05) is 17.7 Å². The monoisotopic (exact) mass is 393 g/mol. The van der Waals surface area contributed by atoms with Crippen LogP contribution in [0.5, 0.6) is 0 Å². The first-order chi connectivity index (χ1) is 12.8. The van der Waals surface area contributed by atoms with E-state index in [-0.39, 0.29) is 23.8 Å². The van der Waals surface area contributed by atoms with Crippen molar-refractivity contribution < 1.29 is 18.6 Å². The Morgan fingerprint density at radius 1 is 1.30 bits per heavy atom. The lowest BCUT2D eigenvalue weighted by Gasteiger charge is -2.19. The zero-order chi connectivity index (χ0) is 19.2. The third kappa shape index (κ3) is 3.54. The minimum Gasteiger partial charge on any atom is -0.354 e. The molecule has 1 aliphatic rings. The largest absolute Gasteiger partial charge is 0.381 e. The summed E-state index contributed by atoms with van der Waals surface area (Å²) in [7, 11) is 0. The summed E-state index contributed by atoms with van der Waals surface area (Å²) in [6.45, 7) is 1.92. The maximum atomic E-state index is 13.5. The molecule has 0 amide bonds. The van der Waals surface area contributed by atoms with E-state index in [2.05, 4.69) is 9.97 Å². The lowest BCUT2D eigenvalue weighted by atomic mass is 9.99. The van der Waals surface area contributed by atoms with Crippen LogP contribution in [0.15, 0.2) is 36.8 Å². The molecule has 0 radical (unpaired) electrons. The molecular formula is C19H18ClF2N3O2. The molecule has 0 spiro atoms. The van der Waals surface area contributed by atoms with E-state index in [9.17, 15) is 8.78 Å². The molecule has 142 valence electrons. The fraction of sp³-hybridized carbons (Fsp3) is 0.368. The summed E-state index contributed by atoms with van der Waals surface area (Å²) in [6, 6.07) is 6.10. The SMILES string of the molecule is Cc1ncnc2c1ccn2C1CCC(Cc2ccc(Cl)cc2C(O)(F)F)O1. The smallest absolute Gasteiger partial charge is 0.354 e. The van der Waals surface area contributed by atoms with E-state index in [1.165, 1.54) is 18.5 Å². The minimum atomic E-state index is -3.94. The second-order valence-corrected chi connectivity index (χ2v) is 7.19. The maximum Gasteiger partial charge on any atom is 0.381 e. The van der Waals surface area contributed by atoms with Crippen molar-refractivity contribution in [1.82, 2.24) is 14.5 Å². The lowest BCUT2D eigenvalue weighted by Crippen LogP contribution is -2.19. The average Bonchev–Trinajstić information content (AvgIpc) is 3.23.